The SMILES string of the molecule is CS(=O)(=O)c1ccc(Cl)cc1-c1noc(CN)n1. The lowest BCUT2D eigenvalue weighted by Gasteiger charge is -2.04. The average Bonchev–Trinajstić information content (AvgIpc) is 2.75. The first-order chi connectivity index (χ1) is 8.41. The van der Waals surface area contributed by atoms with Gasteiger partial charge in [0.25, 0.3) is 0 Å². The smallest absolute Gasteiger partial charge is 0.240 e. The van der Waals surface area contributed by atoms with Crippen molar-refractivity contribution in [1.82, 2.24) is 10.1 Å². The van der Waals surface area contributed by atoms with Crippen molar-refractivity contribution in [2.75, 3.05) is 6.26 Å². The number of nitrogens with zero attached hydrogens (tertiary/aromatic N) is 2. The van der Waals surface area contributed by atoms with Crippen LogP contribution < -0.4 is 5.73 Å². The fraction of sp³-hybridized carbons (Fsp3) is 0.200. The van der Waals surface area contributed by atoms with Crippen LogP contribution in [0.4, 0.5) is 0 Å². The van der Waals surface area contributed by atoms with Gasteiger partial charge in [-0.1, -0.05) is 16.8 Å². The molecule has 0 aliphatic carbocycles. The molecule has 2 rings (SSSR count). The molecule has 2 aromatic rings. The van der Waals surface area contributed by atoms with Gasteiger partial charge in [0.05, 0.1) is 11.4 Å². The van der Waals surface area contributed by atoms with E-state index in [2.05, 4.69) is 10.1 Å². The first-order valence-electron chi connectivity index (χ1n) is 4.94. The monoisotopic (exact) mass is 287 g/mol. The van der Waals surface area contributed by atoms with E-state index in [1.165, 1.54) is 18.2 Å². The molecule has 0 atom stereocenters. The predicted octanol–water partition coefficient (Wildman–Crippen LogP) is 1.25. The van der Waals surface area contributed by atoms with Crippen LogP contribution >= 0.6 is 11.6 Å². The molecule has 0 bridgehead atoms. The second-order valence-corrected chi connectivity index (χ2v) is 6.05. The molecule has 18 heavy (non-hydrogen) atoms. The number of hydrogen-bond donors (Lipinski definition) is 1. The minimum atomic E-state index is -3.41. The van der Waals surface area contributed by atoms with Crippen LogP contribution in [0.5, 0.6) is 0 Å². The Morgan fingerprint density at radius 1 is 1.44 bits per heavy atom. The molecule has 0 unspecified atom stereocenters. The van der Waals surface area contributed by atoms with Crippen LogP contribution in [0.25, 0.3) is 11.4 Å². The Labute approximate surface area is 109 Å². The van der Waals surface area contributed by atoms with E-state index in [0.717, 1.165) is 6.26 Å². The zero-order valence-electron chi connectivity index (χ0n) is 9.42. The van der Waals surface area contributed by atoms with Crippen molar-refractivity contribution in [2.24, 2.45) is 5.73 Å². The fourth-order valence-electron chi connectivity index (χ4n) is 1.45. The molecule has 6 nitrogen and oxygen atoms in total. The normalized spacial score (nSPS) is 11.7. The summed E-state index contributed by atoms with van der Waals surface area (Å²) in [5.41, 5.74) is 5.65. The Morgan fingerprint density at radius 3 is 2.72 bits per heavy atom. The summed E-state index contributed by atoms with van der Waals surface area (Å²) in [6, 6.07) is 4.37. The first kappa shape index (κ1) is 13.0. The van der Waals surface area contributed by atoms with E-state index in [1.54, 1.807) is 0 Å². The van der Waals surface area contributed by atoms with Gasteiger partial charge in [0.15, 0.2) is 9.84 Å². The quantitative estimate of drug-likeness (QED) is 0.912. The minimum Gasteiger partial charge on any atom is -0.338 e. The summed E-state index contributed by atoms with van der Waals surface area (Å²) in [6.45, 7) is 0.0851. The zero-order chi connectivity index (χ0) is 13.3. The van der Waals surface area contributed by atoms with Gasteiger partial charge in [0.1, 0.15) is 0 Å². The van der Waals surface area contributed by atoms with E-state index in [-0.39, 0.29) is 23.2 Å². The predicted molar refractivity (Wildman–Crippen MR) is 65.7 cm³/mol. The van der Waals surface area contributed by atoms with Crippen LogP contribution in [0.3, 0.4) is 0 Å². The highest BCUT2D eigenvalue weighted by atomic mass is 35.5. The van der Waals surface area contributed by atoms with Gasteiger partial charge in [0.2, 0.25) is 11.7 Å². The number of sulfone groups is 1. The lowest BCUT2D eigenvalue weighted by Crippen LogP contribution is -2.01. The average molecular weight is 288 g/mol. The molecule has 2 N–H and O–H groups in total. The zero-order valence-corrected chi connectivity index (χ0v) is 11.0. The largest absolute Gasteiger partial charge is 0.338 e. The third-order valence-electron chi connectivity index (χ3n) is 2.22. The summed E-state index contributed by atoms with van der Waals surface area (Å²) in [5, 5.41) is 4.07. The molecular weight excluding hydrogens is 278 g/mol. The molecule has 8 heteroatoms. The maximum Gasteiger partial charge on any atom is 0.240 e. The highest BCUT2D eigenvalue weighted by molar-refractivity contribution is 7.90. The van der Waals surface area contributed by atoms with Crippen LogP contribution in [0.2, 0.25) is 5.02 Å². The Bertz CT molecular complexity index is 681. The summed E-state index contributed by atoms with van der Waals surface area (Å²) in [6.07, 6.45) is 1.10. The molecule has 1 heterocycles. The van der Waals surface area contributed by atoms with Gasteiger partial charge in [-0.05, 0) is 18.2 Å². The highest BCUT2D eigenvalue weighted by Gasteiger charge is 2.19. The molecule has 0 saturated heterocycles. The van der Waals surface area contributed by atoms with Gasteiger partial charge in [-0.2, -0.15) is 4.98 Å². The van der Waals surface area contributed by atoms with E-state index < -0.39 is 9.84 Å². The van der Waals surface area contributed by atoms with Crippen molar-refractivity contribution >= 4 is 21.4 Å². The summed E-state index contributed by atoms with van der Waals surface area (Å²) < 4.78 is 28.2. The minimum absolute atomic E-state index is 0.0851. The molecule has 1 aromatic carbocycles. The van der Waals surface area contributed by atoms with Crippen LogP contribution in [0, 0.1) is 0 Å². The van der Waals surface area contributed by atoms with E-state index in [1.807, 2.05) is 0 Å². The second kappa shape index (κ2) is 4.68. The van der Waals surface area contributed by atoms with Gasteiger partial charge in [-0.15, -0.1) is 0 Å². The summed E-state index contributed by atoms with van der Waals surface area (Å²) in [5.74, 6) is 0.378. The Morgan fingerprint density at radius 2 is 2.17 bits per heavy atom. The molecule has 0 radical (unpaired) electrons. The molecule has 0 saturated carbocycles. The van der Waals surface area contributed by atoms with Gasteiger partial charge < -0.3 is 10.3 Å². The van der Waals surface area contributed by atoms with Crippen molar-refractivity contribution in [1.29, 1.82) is 0 Å². The van der Waals surface area contributed by atoms with Crippen molar-refractivity contribution in [3.63, 3.8) is 0 Å². The Kier molecular flexibility index (Phi) is 3.38. The molecule has 0 aliphatic heterocycles. The lowest BCUT2D eigenvalue weighted by atomic mass is 10.2. The van der Waals surface area contributed by atoms with Gasteiger partial charge >= 0.3 is 0 Å². The number of hydrogen-bond acceptors (Lipinski definition) is 6. The highest BCUT2D eigenvalue weighted by Crippen LogP contribution is 2.28. The standard InChI is InChI=1S/C10H10ClN3O3S/c1-18(15,16)8-3-2-6(11)4-7(8)10-13-9(5-12)17-14-10/h2-4H,5,12H2,1H3. The Hall–Kier alpha value is -1.44. The van der Waals surface area contributed by atoms with Crippen molar-refractivity contribution < 1.29 is 12.9 Å². The molecule has 0 aliphatic rings. The molecule has 96 valence electrons. The maximum atomic E-state index is 11.7. The van der Waals surface area contributed by atoms with E-state index in [0.29, 0.717) is 10.6 Å². The summed E-state index contributed by atoms with van der Waals surface area (Å²) >= 11 is 5.85. The third kappa shape index (κ3) is 2.53. The third-order valence-corrected chi connectivity index (χ3v) is 3.61. The van der Waals surface area contributed by atoms with Crippen LogP contribution in [-0.4, -0.2) is 24.8 Å². The topological polar surface area (TPSA) is 99.1 Å². The number of benzene rings is 1. The molecule has 0 amide bonds. The summed E-state index contributed by atoms with van der Waals surface area (Å²) in [7, 11) is -3.41. The Balaban J connectivity index is 2.65. The van der Waals surface area contributed by atoms with E-state index in [4.69, 9.17) is 21.9 Å². The number of rotatable bonds is 3. The van der Waals surface area contributed by atoms with Gasteiger partial charge in [0, 0.05) is 16.8 Å². The van der Waals surface area contributed by atoms with Crippen molar-refractivity contribution in [3.05, 3.63) is 29.1 Å². The van der Waals surface area contributed by atoms with Crippen LogP contribution in [0.1, 0.15) is 5.89 Å². The van der Waals surface area contributed by atoms with Crippen molar-refractivity contribution in [3.8, 4) is 11.4 Å². The number of aromatic nitrogens is 2. The van der Waals surface area contributed by atoms with E-state index >= 15 is 0 Å². The lowest BCUT2D eigenvalue weighted by molar-refractivity contribution is 0.380. The van der Waals surface area contributed by atoms with Gasteiger partial charge in [-0.3, -0.25) is 0 Å². The van der Waals surface area contributed by atoms with Gasteiger partial charge in [-0.25, -0.2) is 8.42 Å². The van der Waals surface area contributed by atoms with Crippen LogP contribution in [0.15, 0.2) is 27.6 Å². The fourth-order valence-corrected chi connectivity index (χ4v) is 2.48. The molecule has 0 spiro atoms. The number of nitrogens with two attached hydrogens (primary N) is 1. The van der Waals surface area contributed by atoms with Crippen LogP contribution in [-0.2, 0) is 16.4 Å². The van der Waals surface area contributed by atoms with Crippen molar-refractivity contribution in [2.45, 2.75) is 11.4 Å². The molecular formula is C10H10ClN3O3S. The first-order valence-corrected chi connectivity index (χ1v) is 7.21. The second-order valence-electron chi connectivity index (χ2n) is 3.63. The summed E-state index contributed by atoms with van der Waals surface area (Å²) in [4.78, 5) is 4.08. The molecule has 1 aromatic heterocycles. The van der Waals surface area contributed by atoms with E-state index in [9.17, 15) is 8.42 Å². The number of halogens is 1. The molecule has 0 fully saturated rings. The maximum absolute atomic E-state index is 11.7.